The molecular formula is C19H28N2O3. The molecule has 1 aliphatic heterocycles. The molecule has 1 aliphatic rings. The maximum Gasteiger partial charge on any atom is 0.236 e. The van der Waals surface area contributed by atoms with E-state index in [-0.39, 0.29) is 11.8 Å². The number of benzene rings is 1. The highest BCUT2D eigenvalue weighted by molar-refractivity contribution is 6.00. The number of hydrogen-bond acceptors (Lipinski definition) is 3. The van der Waals surface area contributed by atoms with Gasteiger partial charge in [0.1, 0.15) is 12.4 Å². The van der Waals surface area contributed by atoms with Gasteiger partial charge in [-0.25, -0.2) is 0 Å². The van der Waals surface area contributed by atoms with Gasteiger partial charge in [0.15, 0.2) is 0 Å². The van der Waals surface area contributed by atoms with Gasteiger partial charge in [0.05, 0.1) is 11.1 Å². The molecule has 5 nitrogen and oxygen atoms in total. The van der Waals surface area contributed by atoms with Crippen LogP contribution in [-0.4, -0.2) is 25.0 Å². The topological polar surface area (TPSA) is 58.6 Å². The summed E-state index contributed by atoms with van der Waals surface area (Å²) in [5.41, 5.74) is 0.838. The SMILES string of the molecule is CCCC(=O)Nc1ccc2c(c1)N(CC(C)C)C(=O)C(C)(C)CO2. The van der Waals surface area contributed by atoms with E-state index in [1.807, 2.05) is 39.0 Å². The van der Waals surface area contributed by atoms with E-state index in [0.717, 1.165) is 12.1 Å². The monoisotopic (exact) mass is 332 g/mol. The van der Waals surface area contributed by atoms with E-state index in [4.69, 9.17) is 4.74 Å². The van der Waals surface area contributed by atoms with E-state index < -0.39 is 5.41 Å². The Hall–Kier alpha value is -2.04. The van der Waals surface area contributed by atoms with Crippen LogP contribution in [0.2, 0.25) is 0 Å². The van der Waals surface area contributed by atoms with Gasteiger partial charge in [0, 0.05) is 18.7 Å². The molecule has 0 spiro atoms. The summed E-state index contributed by atoms with van der Waals surface area (Å²) in [6, 6.07) is 5.49. The zero-order valence-electron chi connectivity index (χ0n) is 15.3. The predicted molar refractivity (Wildman–Crippen MR) is 96.4 cm³/mol. The van der Waals surface area contributed by atoms with Crippen LogP contribution in [0.1, 0.15) is 47.5 Å². The molecule has 0 bridgehead atoms. The van der Waals surface area contributed by atoms with Crippen LogP contribution in [0.3, 0.4) is 0 Å². The third kappa shape index (κ3) is 4.08. The second kappa shape index (κ2) is 7.24. The Bertz CT molecular complexity index is 623. The van der Waals surface area contributed by atoms with E-state index in [9.17, 15) is 9.59 Å². The van der Waals surface area contributed by atoms with Crippen LogP contribution in [0.4, 0.5) is 11.4 Å². The van der Waals surface area contributed by atoms with Crippen molar-refractivity contribution in [2.45, 2.75) is 47.5 Å². The Labute approximate surface area is 144 Å². The largest absolute Gasteiger partial charge is 0.490 e. The van der Waals surface area contributed by atoms with Gasteiger partial charge in [0.25, 0.3) is 0 Å². The third-order valence-corrected chi connectivity index (χ3v) is 3.97. The Balaban J connectivity index is 2.39. The molecule has 0 unspecified atom stereocenters. The first-order valence-electron chi connectivity index (χ1n) is 8.63. The van der Waals surface area contributed by atoms with Gasteiger partial charge in [-0.2, -0.15) is 0 Å². The standard InChI is InChI=1S/C19H28N2O3/c1-6-7-17(22)20-14-8-9-16-15(10-14)21(11-13(2)3)18(23)19(4,5)12-24-16/h8-10,13H,6-7,11-12H2,1-5H3,(H,20,22). The molecule has 0 saturated heterocycles. The summed E-state index contributed by atoms with van der Waals surface area (Å²) in [5.74, 6) is 1.04. The minimum absolute atomic E-state index is 0.0194. The van der Waals surface area contributed by atoms with Crippen LogP contribution in [0.15, 0.2) is 18.2 Å². The number of carbonyl (C=O) groups excluding carboxylic acids is 2. The molecule has 0 aromatic heterocycles. The van der Waals surface area contributed by atoms with Crippen LogP contribution >= 0.6 is 0 Å². The molecule has 0 radical (unpaired) electrons. The molecule has 0 atom stereocenters. The van der Waals surface area contributed by atoms with E-state index in [2.05, 4.69) is 19.2 Å². The van der Waals surface area contributed by atoms with Gasteiger partial charge in [-0.05, 0) is 44.4 Å². The molecule has 24 heavy (non-hydrogen) atoms. The predicted octanol–water partition coefficient (Wildman–Crippen LogP) is 3.83. The highest BCUT2D eigenvalue weighted by Crippen LogP contribution is 2.38. The summed E-state index contributed by atoms with van der Waals surface area (Å²) in [6.45, 7) is 10.9. The number of fused-ring (bicyclic) bond motifs is 1. The number of ether oxygens (including phenoxy) is 1. The van der Waals surface area contributed by atoms with Crippen molar-refractivity contribution in [3.8, 4) is 5.75 Å². The zero-order chi connectivity index (χ0) is 17.9. The first-order chi connectivity index (χ1) is 11.2. The normalized spacial score (nSPS) is 16.4. The summed E-state index contributed by atoms with van der Waals surface area (Å²) < 4.78 is 5.88. The van der Waals surface area contributed by atoms with E-state index in [0.29, 0.717) is 36.9 Å². The molecule has 132 valence electrons. The Kier molecular flexibility index (Phi) is 5.52. The lowest BCUT2D eigenvalue weighted by atomic mass is 9.92. The van der Waals surface area contributed by atoms with Crippen molar-refractivity contribution in [3.63, 3.8) is 0 Å². The molecule has 2 amide bonds. The number of nitrogens with zero attached hydrogens (tertiary/aromatic N) is 1. The fourth-order valence-electron chi connectivity index (χ4n) is 2.72. The van der Waals surface area contributed by atoms with Crippen LogP contribution in [0, 0.1) is 11.3 Å². The summed E-state index contributed by atoms with van der Waals surface area (Å²) in [5, 5.41) is 2.89. The van der Waals surface area contributed by atoms with Crippen molar-refractivity contribution in [3.05, 3.63) is 18.2 Å². The average molecular weight is 332 g/mol. The molecule has 0 saturated carbocycles. The number of rotatable bonds is 5. The molecule has 0 fully saturated rings. The van der Waals surface area contributed by atoms with Gasteiger partial charge in [-0.1, -0.05) is 20.8 Å². The highest BCUT2D eigenvalue weighted by Gasteiger charge is 2.38. The van der Waals surface area contributed by atoms with Gasteiger partial charge in [0.2, 0.25) is 11.8 Å². The minimum atomic E-state index is -0.584. The van der Waals surface area contributed by atoms with Crippen LogP contribution in [-0.2, 0) is 9.59 Å². The molecule has 1 N–H and O–H groups in total. The minimum Gasteiger partial charge on any atom is -0.490 e. The smallest absolute Gasteiger partial charge is 0.236 e. The average Bonchev–Trinajstić information content (AvgIpc) is 2.58. The maximum absolute atomic E-state index is 13.0. The lowest BCUT2D eigenvalue weighted by Gasteiger charge is -2.29. The van der Waals surface area contributed by atoms with Gasteiger partial charge < -0.3 is 15.0 Å². The van der Waals surface area contributed by atoms with Crippen molar-refractivity contribution < 1.29 is 14.3 Å². The van der Waals surface area contributed by atoms with Crippen molar-refractivity contribution in [1.82, 2.24) is 0 Å². The van der Waals surface area contributed by atoms with Crippen LogP contribution < -0.4 is 15.0 Å². The zero-order valence-corrected chi connectivity index (χ0v) is 15.3. The van der Waals surface area contributed by atoms with Crippen molar-refractivity contribution in [2.24, 2.45) is 11.3 Å². The quantitative estimate of drug-likeness (QED) is 0.891. The maximum atomic E-state index is 13.0. The summed E-state index contributed by atoms with van der Waals surface area (Å²) in [4.78, 5) is 26.6. The number of nitrogens with one attached hydrogen (secondary N) is 1. The molecule has 0 aliphatic carbocycles. The summed E-state index contributed by atoms with van der Waals surface area (Å²) in [6.07, 6.45) is 1.28. The van der Waals surface area contributed by atoms with E-state index >= 15 is 0 Å². The Morgan fingerprint density at radius 1 is 1.38 bits per heavy atom. The van der Waals surface area contributed by atoms with Crippen molar-refractivity contribution in [2.75, 3.05) is 23.4 Å². The number of carbonyl (C=O) groups is 2. The second-order valence-corrected chi connectivity index (χ2v) is 7.46. The molecular weight excluding hydrogens is 304 g/mol. The van der Waals surface area contributed by atoms with Gasteiger partial charge >= 0.3 is 0 Å². The first-order valence-corrected chi connectivity index (χ1v) is 8.63. The first kappa shape index (κ1) is 18.3. The lowest BCUT2D eigenvalue weighted by Crippen LogP contribution is -2.43. The Morgan fingerprint density at radius 3 is 2.71 bits per heavy atom. The molecule has 2 rings (SSSR count). The Morgan fingerprint density at radius 2 is 2.08 bits per heavy atom. The van der Waals surface area contributed by atoms with Crippen molar-refractivity contribution >= 4 is 23.2 Å². The lowest BCUT2D eigenvalue weighted by molar-refractivity contribution is -0.127. The summed E-state index contributed by atoms with van der Waals surface area (Å²) >= 11 is 0. The number of anilines is 2. The van der Waals surface area contributed by atoms with Crippen LogP contribution in [0.25, 0.3) is 0 Å². The third-order valence-electron chi connectivity index (χ3n) is 3.97. The molecule has 1 heterocycles. The van der Waals surface area contributed by atoms with Crippen LogP contribution in [0.5, 0.6) is 5.75 Å². The van der Waals surface area contributed by atoms with Gasteiger partial charge in [-0.3, -0.25) is 9.59 Å². The number of amides is 2. The second-order valence-electron chi connectivity index (χ2n) is 7.46. The van der Waals surface area contributed by atoms with E-state index in [1.165, 1.54) is 0 Å². The molecule has 1 aromatic carbocycles. The molecule has 1 aromatic rings. The fourth-order valence-corrected chi connectivity index (χ4v) is 2.72. The number of hydrogen-bond donors (Lipinski definition) is 1. The van der Waals surface area contributed by atoms with E-state index in [1.54, 1.807) is 4.90 Å². The van der Waals surface area contributed by atoms with Crippen molar-refractivity contribution in [1.29, 1.82) is 0 Å². The summed E-state index contributed by atoms with van der Waals surface area (Å²) in [7, 11) is 0. The molecule has 5 heteroatoms. The highest BCUT2D eigenvalue weighted by atomic mass is 16.5. The fraction of sp³-hybridized carbons (Fsp3) is 0.579. The van der Waals surface area contributed by atoms with Gasteiger partial charge in [-0.15, -0.1) is 0 Å².